The number of alkyl halides is 3. The number of hydrogen-bond acceptors (Lipinski definition) is 2. The Morgan fingerprint density at radius 1 is 1.57 bits per heavy atom. The van der Waals surface area contributed by atoms with Gasteiger partial charge >= 0.3 is 6.36 Å². The third kappa shape index (κ3) is 3.06. The van der Waals surface area contributed by atoms with Gasteiger partial charge in [-0.3, -0.25) is 4.79 Å². The lowest BCUT2D eigenvalue weighted by molar-refractivity contribution is -0.308. The summed E-state index contributed by atoms with van der Waals surface area (Å²) in [6, 6.07) is 0. The van der Waals surface area contributed by atoms with Crippen LogP contribution in [0.15, 0.2) is 24.0 Å². The number of rotatable bonds is 2. The van der Waals surface area contributed by atoms with E-state index in [1.165, 1.54) is 6.08 Å². The Kier molecular flexibility index (Phi) is 3.21. The summed E-state index contributed by atoms with van der Waals surface area (Å²) in [4.78, 5) is 10.7. The summed E-state index contributed by atoms with van der Waals surface area (Å²) in [5.41, 5.74) is 0. The average Bonchev–Trinajstić information content (AvgIpc) is 2.01. The van der Waals surface area contributed by atoms with Crippen molar-refractivity contribution in [3.8, 4) is 0 Å². The SMILES string of the molecule is O=C(Cl)C1CC=CC=C1OC(F)(F)F. The first-order chi connectivity index (χ1) is 6.40. The van der Waals surface area contributed by atoms with E-state index < -0.39 is 23.3 Å². The molecule has 0 aromatic rings. The van der Waals surface area contributed by atoms with Gasteiger partial charge in [-0.05, 0) is 24.1 Å². The molecule has 0 aliphatic heterocycles. The molecule has 0 N–H and O–H groups in total. The second-order valence-corrected chi connectivity index (χ2v) is 3.01. The van der Waals surface area contributed by atoms with Crippen LogP contribution in [0.3, 0.4) is 0 Å². The van der Waals surface area contributed by atoms with Crippen LogP contribution in [-0.2, 0) is 9.53 Å². The van der Waals surface area contributed by atoms with Crippen LogP contribution in [-0.4, -0.2) is 11.6 Å². The van der Waals surface area contributed by atoms with E-state index in [9.17, 15) is 18.0 Å². The Bertz CT molecular complexity index is 293. The summed E-state index contributed by atoms with van der Waals surface area (Å²) in [6.07, 6.45) is -0.640. The van der Waals surface area contributed by atoms with Crippen LogP contribution in [0.5, 0.6) is 0 Å². The average molecular weight is 227 g/mol. The molecular formula is C8H6ClF3O2. The van der Waals surface area contributed by atoms with Gasteiger partial charge in [0.25, 0.3) is 0 Å². The first-order valence-electron chi connectivity index (χ1n) is 3.72. The molecule has 1 atom stereocenters. The molecule has 0 spiro atoms. The van der Waals surface area contributed by atoms with Crippen LogP contribution in [0.25, 0.3) is 0 Å². The second kappa shape index (κ2) is 4.04. The molecule has 1 aliphatic rings. The third-order valence-electron chi connectivity index (χ3n) is 1.62. The zero-order valence-electron chi connectivity index (χ0n) is 6.84. The van der Waals surface area contributed by atoms with E-state index in [0.29, 0.717) is 0 Å². The summed E-state index contributed by atoms with van der Waals surface area (Å²) in [5, 5.41) is -0.857. The highest BCUT2D eigenvalue weighted by Crippen LogP contribution is 2.30. The third-order valence-corrected chi connectivity index (χ3v) is 1.88. The van der Waals surface area contributed by atoms with Crippen molar-refractivity contribution in [1.29, 1.82) is 0 Å². The normalized spacial score (nSPS) is 21.7. The Balaban J connectivity index is 2.77. The maximum absolute atomic E-state index is 11.8. The summed E-state index contributed by atoms with van der Waals surface area (Å²) in [5.74, 6) is -1.50. The molecule has 0 radical (unpaired) electrons. The molecule has 0 saturated heterocycles. The first kappa shape index (κ1) is 11.1. The zero-order chi connectivity index (χ0) is 10.8. The molecule has 1 aliphatic carbocycles. The van der Waals surface area contributed by atoms with E-state index >= 15 is 0 Å². The van der Waals surface area contributed by atoms with E-state index in [-0.39, 0.29) is 6.42 Å². The summed E-state index contributed by atoms with van der Waals surface area (Å²) in [6.45, 7) is 0. The van der Waals surface area contributed by atoms with Crippen molar-refractivity contribution in [1.82, 2.24) is 0 Å². The predicted molar refractivity (Wildman–Crippen MR) is 43.3 cm³/mol. The van der Waals surface area contributed by atoms with Crippen molar-refractivity contribution >= 4 is 16.8 Å². The minimum atomic E-state index is -4.79. The number of allylic oxidation sites excluding steroid dienone is 4. The number of carbonyl (C=O) groups is 1. The highest BCUT2D eigenvalue weighted by atomic mass is 35.5. The molecule has 0 amide bonds. The van der Waals surface area contributed by atoms with Gasteiger partial charge in [-0.25, -0.2) is 0 Å². The Labute approximate surface area is 83.0 Å². The van der Waals surface area contributed by atoms with Gasteiger partial charge in [-0.15, -0.1) is 13.2 Å². The molecule has 0 bridgehead atoms. The quantitative estimate of drug-likeness (QED) is 0.677. The molecule has 0 aromatic heterocycles. The van der Waals surface area contributed by atoms with Gasteiger partial charge in [-0.1, -0.05) is 12.2 Å². The van der Waals surface area contributed by atoms with Crippen LogP contribution < -0.4 is 0 Å². The smallest absolute Gasteiger partial charge is 0.409 e. The Morgan fingerprint density at radius 2 is 2.21 bits per heavy atom. The molecule has 1 unspecified atom stereocenters. The molecule has 78 valence electrons. The topological polar surface area (TPSA) is 26.3 Å². The van der Waals surface area contributed by atoms with E-state index in [1.54, 1.807) is 6.08 Å². The van der Waals surface area contributed by atoms with Crippen molar-refractivity contribution < 1.29 is 22.7 Å². The van der Waals surface area contributed by atoms with E-state index in [4.69, 9.17) is 11.6 Å². The van der Waals surface area contributed by atoms with E-state index in [2.05, 4.69) is 4.74 Å². The van der Waals surface area contributed by atoms with Crippen LogP contribution in [0, 0.1) is 5.92 Å². The fourth-order valence-corrected chi connectivity index (χ4v) is 1.25. The highest BCUT2D eigenvalue weighted by molar-refractivity contribution is 6.64. The van der Waals surface area contributed by atoms with Crippen LogP contribution in [0.2, 0.25) is 0 Å². The maximum Gasteiger partial charge on any atom is 0.572 e. The highest BCUT2D eigenvalue weighted by Gasteiger charge is 2.36. The van der Waals surface area contributed by atoms with Crippen molar-refractivity contribution in [3.05, 3.63) is 24.0 Å². The molecule has 0 fully saturated rings. The van der Waals surface area contributed by atoms with Gasteiger partial charge in [0.1, 0.15) is 5.76 Å². The molecule has 2 nitrogen and oxygen atoms in total. The lowest BCUT2D eigenvalue weighted by Gasteiger charge is -2.19. The largest absolute Gasteiger partial charge is 0.572 e. The fourth-order valence-electron chi connectivity index (χ4n) is 1.05. The van der Waals surface area contributed by atoms with Gasteiger partial charge in [0, 0.05) is 0 Å². The lowest BCUT2D eigenvalue weighted by atomic mass is 10.0. The standard InChI is InChI=1S/C8H6ClF3O2/c9-7(13)5-3-1-2-4-6(5)14-8(10,11)12/h1-2,4-5H,3H2. The molecular weight excluding hydrogens is 221 g/mol. The van der Waals surface area contributed by atoms with Crippen molar-refractivity contribution in [3.63, 3.8) is 0 Å². The van der Waals surface area contributed by atoms with Gasteiger partial charge in [0.15, 0.2) is 0 Å². The minimum Gasteiger partial charge on any atom is -0.409 e. The molecule has 0 heterocycles. The predicted octanol–water partition coefficient (Wildman–Crippen LogP) is 2.75. The number of halogens is 4. The molecule has 0 aromatic carbocycles. The molecule has 0 saturated carbocycles. The zero-order valence-corrected chi connectivity index (χ0v) is 7.60. The maximum atomic E-state index is 11.8. The van der Waals surface area contributed by atoms with Crippen molar-refractivity contribution in [2.24, 2.45) is 5.92 Å². The minimum absolute atomic E-state index is 0.129. The monoisotopic (exact) mass is 226 g/mol. The molecule has 14 heavy (non-hydrogen) atoms. The molecule has 6 heteroatoms. The van der Waals surface area contributed by atoms with Gasteiger partial charge in [0.2, 0.25) is 5.24 Å². The van der Waals surface area contributed by atoms with Crippen LogP contribution >= 0.6 is 11.6 Å². The molecule has 1 rings (SSSR count). The second-order valence-electron chi connectivity index (χ2n) is 2.64. The van der Waals surface area contributed by atoms with Crippen molar-refractivity contribution in [2.45, 2.75) is 12.8 Å². The van der Waals surface area contributed by atoms with Gasteiger partial charge in [-0.2, -0.15) is 0 Å². The van der Waals surface area contributed by atoms with Crippen molar-refractivity contribution in [2.75, 3.05) is 0 Å². The summed E-state index contributed by atoms with van der Waals surface area (Å²) < 4.78 is 39.2. The van der Waals surface area contributed by atoms with Gasteiger partial charge < -0.3 is 4.74 Å². The number of ether oxygens (including phenoxy) is 1. The number of carbonyl (C=O) groups excluding carboxylic acids is 1. The van der Waals surface area contributed by atoms with E-state index in [1.807, 2.05) is 0 Å². The lowest BCUT2D eigenvalue weighted by Crippen LogP contribution is -2.22. The Morgan fingerprint density at radius 3 is 2.71 bits per heavy atom. The Hall–Kier alpha value is -0.970. The fraction of sp³-hybridized carbons (Fsp3) is 0.375. The van der Waals surface area contributed by atoms with E-state index in [0.717, 1.165) is 6.08 Å². The van der Waals surface area contributed by atoms with Crippen LogP contribution in [0.4, 0.5) is 13.2 Å². The van der Waals surface area contributed by atoms with Crippen LogP contribution in [0.1, 0.15) is 6.42 Å². The van der Waals surface area contributed by atoms with Gasteiger partial charge in [0.05, 0.1) is 5.92 Å². The summed E-state index contributed by atoms with van der Waals surface area (Å²) in [7, 11) is 0. The first-order valence-corrected chi connectivity index (χ1v) is 4.10. The summed E-state index contributed by atoms with van der Waals surface area (Å²) >= 11 is 5.12. The number of hydrogen-bond donors (Lipinski definition) is 0.